The van der Waals surface area contributed by atoms with Crippen molar-refractivity contribution in [3.8, 4) is 0 Å². The van der Waals surface area contributed by atoms with E-state index in [1.54, 1.807) is 6.92 Å². The van der Waals surface area contributed by atoms with Gasteiger partial charge < -0.3 is 10.1 Å². The minimum Gasteiger partial charge on any atom is -0.453 e. The van der Waals surface area contributed by atoms with Crippen LogP contribution in [0.2, 0.25) is 0 Å². The quantitative estimate of drug-likeness (QED) is 0.812. The number of aryl methyl sites for hydroxylation is 1. The van der Waals surface area contributed by atoms with Crippen LogP contribution >= 0.6 is 0 Å². The average molecular weight is 303 g/mol. The van der Waals surface area contributed by atoms with Gasteiger partial charge in [-0.15, -0.1) is 0 Å². The monoisotopic (exact) mass is 303 g/mol. The minimum absolute atomic E-state index is 0.278. The second kappa shape index (κ2) is 7.97. The number of rotatable bonds is 6. The van der Waals surface area contributed by atoms with Crippen molar-refractivity contribution in [2.75, 3.05) is 5.32 Å². The third-order valence-electron chi connectivity index (χ3n) is 4.31. The van der Waals surface area contributed by atoms with E-state index in [2.05, 4.69) is 5.32 Å². The van der Waals surface area contributed by atoms with Crippen molar-refractivity contribution in [3.63, 3.8) is 0 Å². The summed E-state index contributed by atoms with van der Waals surface area (Å²) in [4.78, 5) is 23.9. The Kier molecular flexibility index (Phi) is 5.99. The Balaban J connectivity index is 1.75. The Hall–Kier alpha value is -1.84. The molecule has 0 spiro atoms. The number of carbonyl (C=O) groups excluding carboxylic acids is 2. The standard InChI is InChI=1S/C18H25NO3/c1-13-7-3-6-10-16(13)19-18(21)14(2)22-17(20)12-11-15-8-4-5-9-15/h3,6-7,10,14-15H,4-5,8-9,11-12H2,1-2H3,(H,19,21). The number of hydrogen-bond donors (Lipinski definition) is 1. The Morgan fingerprint density at radius 3 is 2.64 bits per heavy atom. The Morgan fingerprint density at radius 2 is 1.95 bits per heavy atom. The second-order valence-corrected chi connectivity index (χ2v) is 6.13. The van der Waals surface area contributed by atoms with Gasteiger partial charge >= 0.3 is 5.97 Å². The molecule has 2 rings (SSSR count). The van der Waals surface area contributed by atoms with Gasteiger partial charge in [-0.1, -0.05) is 43.9 Å². The molecular weight excluding hydrogens is 278 g/mol. The number of carbonyl (C=O) groups is 2. The number of hydrogen-bond acceptors (Lipinski definition) is 3. The Labute approximate surface area is 132 Å². The lowest BCUT2D eigenvalue weighted by Crippen LogP contribution is -2.30. The van der Waals surface area contributed by atoms with Crippen LogP contribution in [0.3, 0.4) is 0 Å². The second-order valence-electron chi connectivity index (χ2n) is 6.13. The lowest BCUT2D eigenvalue weighted by molar-refractivity contribution is -0.153. The first kappa shape index (κ1) is 16.5. The zero-order chi connectivity index (χ0) is 15.9. The summed E-state index contributed by atoms with van der Waals surface area (Å²) in [6.45, 7) is 3.54. The van der Waals surface area contributed by atoms with Crippen molar-refractivity contribution >= 4 is 17.6 Å². The van der Waals surface area contributed by atoms with Crippen molar-refractivity contribution in [3.05, 3.63) is 29.8 Å². The fraction of sp³-hybridized carbons (Fsp3) is 0.556. The Bertz CT molecular complexity index is 521. The molecule has 1 saturated carbocycles. The van der Waals surface area contributed by atoms with Crippen LogP contribution in [0, 0.1) is 12.8 Å². The molecule has 0 saturated heterocycles. The molecule has 1 atom stereocenters. The summed E-state index contributed by atoms with van der Waals surface area (Å²) < 4.78 is 5.23. The van der Waals surface area contributed by atoms with E-state index in [-0.39, 0.29) is 11.9 Å². The molecule has 4 heteroatoms. The number of ether oxygens (including phenoxy) is 1. The van der Waals surface area contributed by atoms with E-state index in [0.29, 0.717) is 12.3 Å². The van der Waals surface area contributed by atoms with Gasteiger partial charge in [-0.2, -0.15) is 0 Å². The molecule has 0 radical (unpaired) electrons. The molecular formula is C18H25NO3. The normalized spacial score (nSPS) is 16.3. The average Bonchev–Trinajstić information content (AvgIpc) is 3.00. The van der Waals surface area contributed by atoms with Crippen LogP contribution < -0.4 is 5.32 Å². The molecule has 120 valence electrons. The van der Waals surface area contributed by atoms with Crippen LogP contribution in [-0.4, -0.2) is 18.0 Å². The molecule has 1 aliphatic rings. The summed E-state index contributed by atoms with van der Waals surface area (Å²) in [6, 6.07) is 7.54. The van der Waals surface area contributed by atoms with Gasteiger partial charge in [-0.3, -0.25) is 9.59 Å². The highest BCUT2D eigenvalue weighted by Crippen LogP contribution is 2.28. The lowest BCUT2D eigenvalue weighted by atomic mass is 10.0. The zero-order valence-corrected chi connectivity index (χ0v) is 13.4. The van der Waals surface area contributed by atoms with Crippen molar-refractivity contribution in [2.45, 2.75) is 58.5 Å². The first-order valence-electron chi connectivity index (χ1n) is 8.12. The number of para-hydroxylation sites is 1. The third-order valence-corrected chi connectivity index (χ3v) is 4.31. The molecule has 1 fully saturated rings. The number of amides is 1. The summed E-state index contributed by atoms with van der Waals surface area (Å²) in [7, 11) is 0. The van der Waals surface area contributed by atoms with Gasteiger partial charge in [-0.25, -0.2) is 0 Å². The first-order chi connectivity index (χ1) is 10.6. The maximum Gasteiger partial charge on any atom is 0.306 e. The topological polar surface area (TPSA) is 55.4 Å². The van der Waals surface area contributed by atoms with E-state index >= 15 is 0 Å². The van der Waals surface area contributed by atoms with Crippen LogP contribution in [0.1, 0.15) is 51.0 Å². The van der Waals surface area contributed by atoms with E-state index in [0.717, 1.165) is 17.7 Å². The predicted molar refractivity (Wildman–Crippen MR) is 86.6 cm³/mol. The van der Waals surface area contributed by atoms with Crippen LogP contribution in [-0.2, 0) is 14.3 Å². The largest absolute Gasteiger partial charge is 0.453 e. The lowest BCUT2D eigenvalue weighted by Gasteiger charge is -2.15. The summed E-state index contributed by atoms with van der Waals surface area (Å²) in [5.74, 6) is 0.0894. The molecule has 22 heavy (non-hydrogen) atoms. The number of anilines is 1. The van der Waals surface area contributed by atoms with Crippen LogP contribution in [0.15, 0.2) is 24.3 Å². The van der Waals surface area contributed by atoms with Gasteiger partial charge in [0, 0.05) is 12.1 Å². The fourth-order valence-corrected chi connectivity index (χ4v) is 2.88. The maximum atomic E-state index is 12.1. The first-order valence-corrected chi connectivity index (χ1v) is 8.12. The highest BCUT2D eigenvalue weighted by molar-refractivity contribution is 5.95. The van der Waals surface area contributed by atoms with Crippen LogP contribution in [0.5, 0.6) is 0 Å². The summed E-state index contributed by atoms with van der Waals surface area (Å²) >= 11 is 0. The predicted octanol–water partition coefficient (Wildman–Crippen LogP) is 3.84. The highest BCUT2D eigenvalue weighted by atomic mass is 16.5. The maximum absolute atomic E-state index is 12.1. The van der Waals surface area contributed by atoms with Gasteiger partial charge in [0.15, 0.2) is 6.10 Å². The van der Waals surface area contributed by atoms with Gasteiger partial charge in [0.1, 0.15) is 0 Å². The van der Waals surface area contributed by atoms with Gasteiger partial charge in [0.25, 0.3) is 5.91 Å². The summed E-state index contributed by atoms with van der Waals surface area (Å²) in [5.41, 5.74) is 1.73. The van der Waals surface area contributed by atoms with Crippen molar-refractivity contribution in [1.29, 1.82) is 0 Å². The van der Waals surface area contributed by atoms with Crippen molar-refractivity contribution < 1.29 is 14.3 Å². The molecule has 0 aromatic heterocycles. The zero-order valence-electron chi connectivity index (χ0n) is 13.4. The van der Waals surface area contributed by atoms with Crippen molar-refractivity contribution in [2.24, 2.45) is 5.92 Å². The smallest absolute Gasteiger partial charge is 0.306 e. The summed E-state index contributed by atoms with van der Waals surface area (Å²) in [5, 5.41) is 2.80. The molecule has 1 aliphatic carbocycles. The van der Waals surface area contributed by atoms with E-state index in [1.165, 1.54) is 25.7 Å². The van der Waals surface area contributed by atoms with Gasteiger partial charge in [-0.05, 0) is 37.8 Å². The molecule has 0 aliphatic heterocycles. The van der Waals surface area contributed by atoms with Crippen molar-refractivity contribution in [1.82, 2.24) is 0 Å². The van der Waals surface area contributed by atoms with Gasteiger partial charge in [0.05, 0.1) is 0 Å². The molecule has 1 aromatic rings. The molecule has 1 unspecified atom stereocenters. The van der Waals surface area contributed by atoms with Crippen LogP contribution in [0.25, 0.3) is 0 Å². The fourth-order valence-electron chi connectivity index (χ4n) is 2.88. The summed E-state index contributed by atoms with van der Waals surface area (Å²) in [6.07, 6.45) is 5.50. The molecule has 1 aromatic carbocycles. The van der Waals surface area contributed by atoms with Crippen LogP contribution in [0.4, 0.5) is 5.69 Å². The number of esters is 1. The molecule has 1 N–H and O–H groups in total. The molecule has 0 bridgehead atoms. The third kappa shape index (κ3) is 4.86. The number of benzene rings is 1. The molecule has 4 nitrogen and oxygen atoms in total. The Morgan fingerprint density at radius 1 is 1.27 bits per heavy atom. The van der Waals surface area contributed by atoms with Gasteiger partial charge in [0.2, 0.25) is 0 Å². The number of nitrogens with one attached hydrogen (secondary N) is 1. The highest BCUT2D eigenvalue weighted by Gasteiger charge is 2.20. The van der Waals surface area contributed by atoms with E-state index in [9.17, 15) is 9.59 Å². The minimum atomic E-state index is -0.768. The van der Waals surface area contributed by atoms with E-state index in [4.69, 9.17) is 4.74 Å². The van der Waals surface area contributed by atoms with E-state index < -0.39 is 6.10 Å². The SMILES string of the molecule is Cc1ccccc1NC(=O)C(C)OC(=O)CCC1CCCC1. The molecule has 1 amide bonds. The van der Waals surface area contributed by atoms with E-state index in [1.807, 2.05) is 31.2 Å². The molecule has 0 heterocycles.